The summed E-state index contributed by atoms with van der Waals surface area (Å²) in [4.78, 5) is 0. The van der Waals surface area contributed by atoms with E-state index in [2.05, 4.69) is 31.9 Å². The van der Waals surface area contributed by atoms with Crippen molar-refractivity contribution in [2.45, 2.75) is 3.74 Å². The van der Waals surface area contributed by atoms with E-state index in [1.165, 1.54) is 0 Å². The number of aliphatic hydroxyl groups is 3. The zero-order valence-corrected chi connectivity index (χ0v) is 8.47. The highest BCUT2D eigenvalue weighted by molar-refractivity contribution is 9.24. The van der Waals surface area contributed by atoms with Crippen molar-refractivity contribution in [1.82, 2.24) is 0 Å². The van der Waals surface area contributed by atoms with Gasteiger partial charge in [-0.25, -0.2) is 0 Å². The molecule has 5 heteroatoms. The summed E-state index contributed by atoms with van der Waals surface area (Å²) in [5.41, 5.74) is -0.875. The number of hydrogen-bond acceptors (Lipinski definition) is 3. The van der Waals surface area contributed by atoms with E-state index in [0.29, 0.717) is 0 Å². The van der Waals surface area contributed by atoms with Crippen molar-refractivity contribution in [3.05, 3.63) is 0 Å². The molecule has 0 aromatic carbocycles. The minimum Gasteiger partial charge on any atom is -0.396 e. The summed E-state index contributed by atoms with van der Waals surface area (Å²) in [6.45, 7) is -0.788. The van der Waals surface area contributed by atoms with Crippen LogP contribution in [-0.4, -0.2) is 38.9 Å². The molecule has 0 aliphatic heterocycles. The lowest BCUT2D eigenvalue weighted by Gasteiger charge is -2.28. The van der Waals surface area contributed by atoms with Crippen molar-refractivity contribution >= 4 is 31.9 Å². The third-order valence-corrected chi connectivity index (χ3v) is 3.35. The predicted octanol–water partition coefficient (Wildman–Crippen LogP) is 0.0656. The second kappa shape index (κ2) is 4.66. The fourth-order valence-electron chi connectivity index (χ4n) is 0.357. The molecule has 0 heterocycles. The van der Waals surface area contributed by atoms with Gasteiger partial charge in [-0.2, -0.15) is 0 Å². The van der Waals surface area contributed by atoms with Gasteiger partial charge in [0.05, 0.1) is 29.0 Å². The maximum absolute atomic E-state index is 8.77. The van der Waals surface area contributed by atoms with E-state index in [1.54, 1.807) is 0 Å². The SMILES string of the molecule is OCC(CO)(CO)C(Br)Br. The normalized spacial score (nSPS) is 12.6. The third kappa shape index (κ3) is 2.17. The van der Waals surface area contributed by atoms with Crippen LogP contribution < -0.4 is 0 Å². The molecule has 0 fully saturated rings. The molecule has 0 aliphatic carbocycles. The molecule has 0 spiro atoms. The van der Waals surface area contributed by atoms with Crippen LogP contribution in [0.3, 0.4) is 0 Å². The number of rotatable bonds is 4. The largest absolute Gasteiger partial charge is 0.396 e. The molecule has 0 aliphatic rings. The Morgan fingerprint density at radius 1 is 1.00 bits per heavy atom. The summed E-state index contributed by atoms with van der Waals surface area (Å²) >= 11 is 6.23. The van der Waals surface area contributed by atoms with Gasteiger partial charge < -0.3 is 15.3 Å². The quantitative estimate of drug-likeness (QED) is 0.637. The molecule has 0 amide bonds. The molecule has 0 unspecified atom stereocenters. The van der Waals surface area contributed by atoms with Gasteiger partial charge in [-0.3, -0.25) is 0 Å². The first-order valence-corrected chi connectivity index (χ1v) is 4.57. The average molecular weight is 278 g/mol. The average Bonchev–Trinajstić information content (AvgIpc) is 1.92. The highest BCUT2D eigenvalue weighted by Gasteiger charge is 2.34. The lowest BCUT2D eigenvalue weighted by molar-refractivity contribution is 0.0202. The van der Waals surface area contributed by atoms with Crippen LogP contribution in [0.4, 0.5) is 0 Å². The van der Waals surface area contributed by atoms with Gasteiger partial charge >= 0.3 is 0 Å². The van der Waals surface area contributed by atoms with Crippen molar-refractivity contribution in [3.8, 4) is 0 Å². The van der Waals surface area contributed by atoms with Crippen LogP contribution in [0.2, 0.25) is 0 Å². The van der Waals surface area contributed by atoms with Crippen LogP contribution in [-0.2, 0) is 0 Å². The van der Waals surface area contributed by atoms with Gasteiger partial charge in [0.1, 0.15) is 0 Å². The van der Waals surface area contributed by atoms with E-state index in [0.717, 1.165) is 0 Å². The summed E-state index contributed by atoms with van der Waals surface area (Å²) in [5.74, 6) is 0. The van der Waals surface area contributed by atoms with Gasteiger partial charge in [-0.1, -0.05) is 31.9 Å². The zero-order valence-electron chi connectivity index (χ0n) is 5.30. The van der Waals surface area contributed by atoms with Crippen LogP contribution in [0.15, 0.2) is 0 Å². The Morgan fingerprint density at radius 2 is 1.30 bits per heavy atom. The standard InChI is InChI=1S/C5H10Br2O3/c6-4(7)5(1-8,2-9)3-10/h4,8-10H,1-3H2. The molecule has 0 rings (SSSR count). The monoisotopic (exact) mass is 276 g/mol. The molecule has 0 bridgehead atoms. The smallest absolute Gasteiger partial charge is 0.0820 e. The highest BCUT2D eigenvalue weighted by Crippen LogP contribution is 2.31. The summed E-state index contributed by atoms with van der Waals surface area (Å²) in [6, 6.07) is 0. The summed E-state index contributed by atoms with van der Waals surface area (Å²) in [5, 5.41) is 26.3. The zero-order chi connectivity index (χ0) is 8.20. The molecular formula is C5H10Br2O3. The molecule has 3 N–H and O–H groups in total. The Balaban J connectivity index is 4.15. The lowest BCUT2D eigenvalue weighted by atomic mass is 9.94. The number of aliphatic hydroxyl groups excluding tert-OH is 3. The summed E-state index contributed by atoms with van der Waals surface area (Å²) < 4.78 is -0.285. The first-order chi connectivity index (χ1) is 4.63. The Kier molecular flexibility index (Phi) is 5.06. The van der Waals surface area contributed by atoms with Crippen LogP contribution in [0.1, 0.15) is 0 Å². The maximum Gasteiger partial charge on any atom is 0.0820 e. The molecule has 0 saturated heterocycles. The molecule has 62 valence electrons. The number of halogens is 2. The molecule has 0 saturated carbocycles. The Hall–Kier alpha value is 0.840. The van der Waals surface area contributed by atoms with Gasteiger partial charge in [-0.05, 0) is 0 Å². The molecular weight excluding hydrogens is 268 g/mol. The maximum atomic E-state index is 8.77. The summed E-state index contributed by atoms with van der Waals surface area (Å²) in [7, 11) is 0. The van der Waals surface area contributed by atoms with E-state index in [1.807, 2.05) is 0 Å². The lowest BCUT2D eigenvalue weighted by Crippen LogP contribution is -2.39. The molecule has 0 aromatic rings. The van der Waals surface area contributed by atoms with Crippen molar-refractivity contribution in [3.63, 3.8) is 0 Å². The first kappa shape index (κ1) is 10.8. The van der Waals surface area contributed by atoms with Crippen molar-refractivity contribution in [2.24, 2.45) is 5.41 Å². The van der Waals surface area contributed by atoms with E-state index in [9.17, 15) is 0 Å². The second-order valence-electron chi connectivity index (χ2n) is 2.14. The van der Waals surface area contributed by atoms with Gasteiger partial charge in [0.15, 0.2) is 0 Å². The van der Waals surface area contributed by atoms with Crippen molar-refractivity contribution in [1.29, 1.82) is 0 Å². The van der Waals surface area contributed by atoms with Crippen LogP contribution in [0.5, 0.6) is 0 Å². The van der Waals surface area contributed by atoms with E-state index < -0.39 is 5.41 Å². The van der Waals surface area contributed by atoms with Crippen LogP contribution in [0, 0.1) is 5.41 Å². The Bertz CT molecular complexity index is 84.6. The van der Waals surface area contributed by atoms with Gasteiger partial charge in [-0.15, -0.1) is 0 Å². The van der Waals surface area contributed by atoms with Gasteiger partial charge in [0.25, 0.3) is 0 Å². The van der Waals surface area contributed by atoms with Gasteiger partial charge in [0, 0.05) is 0 Å². The predicted molar refractivity (Wildman–Crippen MR) is 45.3 cm³/mol. The first-order valence-electron chi connectivity index (χ1n) is 2.73. The van der Waals surface area contributed by atoms with Crippen LogP contribution >= 0.6 is 31.9 Å². The molecule has 0 radical (unpaired) electrons. The van der Waals surface area contributed by atoms with Gasteiger partial charge in [0.2, 0.25) is 0 Å². The minimum atomic E-state index is -0.875. The van der Waals surface area contributed by atoms with Crippen LogP contribution in [0.25, 0.3) is 0 Å². The second-order valence-corrected chi connectivity index (χ2v) is 5.20. The Morgan fingerprint density at radius 3 is 1.30 bits per heavy atom. The molecule has 10 heavy (non-hydrogen) atoms. The fraction of sp³-hybridized carbons (Fsp3) is 1.00. The van der Waals surface area contributed by atoms with E-state index in [-0.39, 0.29) is 23.6 Å². The molecule has 0 aromatic heterocycles. The molecule has 3 nitrogen and oxygen atoms in total. The third-order valence-electron chi connectivity index (χ3n) is 1.41. The minimum absolute atomic E-state index is 0.263. The fourth-order valence-corrected chi connectivity index (χ4v) is 1.23. The number of alkyl halides is 2. The van der Waals surface area contributed by atoms with E-state index in [4.69, 9.17) is 15.3 Å². The van der Waals surface area contributed by atoms with Crippen molar-refractivity contribution in [2.75, 3.05) is 19.8 Å². The highest BCUT2D eigenvalue weighted by atomic mass is 79.9. The Labute approximate surface area is 76.3 Å². The molecule has 0 atom stereocenters. The summed E-state index contributed by atoms with van der Waals surface area (Å²) in [6.07, 6.45) is 0. The number of hydrogen-bond donors (Lipinski definition) is 3. The topological polar surface area (TPSA) is 60.7 Å². The van der Waals surface area contributed by atoms with E-state index >= 15 is 0 Å². The van der Waals surface area contributed by atoms with Crippen molar-refractivity contribution < 1.29 is 15.3 Å².